The monoisotopic (exact) mass is 385 g/mol. The molecule has 154 valence electrons. The minimum absolute atomic E-state index is 0.0162. The van der Waals surface area contributed by atoms with Crippen molar-refractivity contribution in [1.29, 1.82) is 0 Å². The van der Waals surface area contributed by atoms with Crippen LogP contribution in [-0.2, 0) is 15.0 Å². The van der Waals surface area contributed by atoms with Crippen LogP contribution in [-0.4, -0.2) is 48.9 Å². The number of hydrogen-bond acceptors (Lipinski definition) is 3. The van der Waals surface area contributed by atoms with E-state index in [4.69, 9.17) is 0 Å². The standard InChI is InChI=1S/C23H35N3O2/c1-18(2)16-26-14-13-24-22(28)20(26)15-21(27)25-17-23(11-7-4-8-12-23)19-9-5-3-6-10-19/h3,5-6,9-10,18,20H,4,7-8,11-17H2,1-2H3,(H,24,28)(H,25,27). The molecule has 5 nitrogen and oxygen atoms in total. The second-order valence-electron chi connectivity index (χ2n) is 8.88. The van der Waals surface area contributed by atoms with E-state index in [0.717, 1.165) is 25.9 Å². The molecular formula is C23H35N3O2. The fourth-order valence-corrected chi connectivity index (χ4v) is 4.77. The van der Waals surface area contributed by atoms with E-state index < -0.39 is 0 Å². The van der Waals surface area contributed by atoms with Crippen LogP contribution >= 0.6 is 0 Å². The van der Waals surface area contributed by atoms with E-state index in [1.807, 2.05) is 6.07 Å². The van der Waals surface area contributed by atoms with E-state index in [1.165, 1.54) is 24.8 Å². The molecule has 1 heterocycles. The van der Waals surface area contributed by atoms with Gasteiger partial charge in [-0.05, 0) is 24.3 Å². The Hall–Kier alpha value is -1.88. The Balaban J connectivity index is 1.63. The van der Waals surface area contributed by atoms with Crippen molar-refractivity contribution in [3.8, 4) is 0 Å². The normalized spacial score (nSPS) is 22.7. The van der Waals surface area contributed by atoms with Crippen molar-refractivity contribution in [3.05, 3.63) is 35.9 Å². The van der Waals surface area contributed by atoms with Gasteiger partial charge in [-0.1, -0.05) is 63.4 Å². The van der Waals surface area contributed by atoms with E-state index in [0.29, 0.717) is 19.0 Å². The second kappa shape index (κ2) is 9.55. The van der Waals surface area contributed by atoms with Crippen LogP contribution in [0, 0.1) is 5.92 Å². The van der Waals surface area contributed by atoms with Crippen LogP contribution in [0.15, 0.2) is 30.3 Å². The lowest BCUT2D eigenvalue weighted by Gasteiger charge is -2.39. The minimum atomic E-state index is -0.352. The summed E-state index contributed by atoms with van der Waals surface area (Å²) >= 11 is 0. The van der Waals surface area contributed by atoms with Gasteiger partial charge in [-0.3, -0.25) is 14.5 Å². The van der Waals surface area contributed by atoms with Crippen LogP contribution in [0.3, 0.4) is 0 Å². The molecule has 0 radical (unpaired) electrons. The van der Waals surface area contributed by atoms with Gasteiger partial charge >= 0.3 is 0 Å². The molecule has 1 aromatic carbocycles. The summed E-state index contributed by atoms with van der Waals surface area (Å²) in [7, 11) is 0. The maximum absolute atomic E-state index is 12.8. The molecule has 2 amide bonds. The topological polar surface area (TPSA) is 61.4 Å². The SMILES string of the molecule is CC(C)CN1CCNC(=O)C1CC(=O)NCC1(c2ccccc2)CCCCC1. The number of rotatable bonds is 7. The number of hydrogen-bond donors (Lipinski definition) is 2. The molecule has 1 aromatic rings. The van der Waals surface area contributed by atoms with Crippen molar-refractivity contribution in [3.63, 3.8) is 0 Å². The number of piperazine rings is 1. The van der Waals surface area contributed by atoms with Gasteiger partial charge in [0.25, 0.3) is 0 Å². The van der Waals surface area contributed by atoms with Crippen molar-refractivity contribution in [1.82, 2.24) is 15.5 Å². The first-order chi connectivity index (χ1) is 13.5. The van der Waals surface area contributed by atoms with Crippen molar-refractivity contribution < 1.29 is 9.59 Å². The number of nitrogens with one attached hydrogen (secondary N) is 2. The summed E-state index contributed by atoms with van der Waals surface area (Å²) in [6.45, 7) is 7.29. The average molecular weight is 386 g/mol. The summed E-state index contributed by atoms with van der Waals surface area (Å²) in [4.78, 5) is 27.3. The molecule has 3 rings (SSSR count). The summed E-state index contributed by atoms with van der Waals surface area (Å²) in [5.41, 5.74) is 1.36. The molecule has 1 aliphatic carbocycles. The van der Waals surface area contributed by atoms with E-state index in [2.05, 4.69) is 53.6 Å². The van der Waals surface area contributed by atoms with Crippen LogP contribution < -0.4 is 10.6 Å². The summed E-state index contributed by atoms with van der Waals surface area (Å²) in [6.07, 6.45) is 6.15. The summed E-state index contributed by atoms with van der Waals surface area (Å²) < 4.78 is 0. The highest BCUT2D eigenvalue weighted by atomic mass is 16.2. The molecule has 28 heavy (non-hydrogen) atoms. The lowest BCUT2D eigenvalue weighted by atomic mass is 9.69. The number of carbonyl (C=O) groups excluding carboxylic acids is 2. The van der Waals surface area contributed by atoms with Gasteiger partial charge in [-0.2, -0.15) is 0 Å². The molecule has 1 aliphatic heterocycles. The number of amides is 2. The van der Waals surface area contributed by atoms with Gasteiger partial charge in [0.05, 0.1) is 12.5 Å². The zero-order chi connectivity index (χ0) is 20.0. The van der Waals surface area contributed by atoms with Gasteiger partial charge in [-0.15, -0.1) is 0 Å². The molecule has 1 unspecified atom stereocenters. The highest BCUT2D eigenvalue weighted by Gasteiger charge is 2.36. The van der Waals surface area contributed by atoms with Crippen LogP contribution in [0.1, 0.15) is 57.9 Å². The highest BCUT2D eigenvalue weighted by Crippen LogP contribution is 2.38. The maximum Gasteiger partial charge on any atom is 0.237 e. The smallest absolute Gasteiger partial charge is 0.237 e. The molecule has 5 heteroatoms. The van der Waals surface area contributed by atoms with E-state index in [1.54, 1.807) is 0 Å². The van der Waals surface area contributed by atoms with Crippen molar-refractivity contribution in [2.24, 2.45) is 5.92 Å². The van der Waals surface area contributed by atoms with Gasteiger partial charge in [0.2, 0.25) is 11.8 Å². The predicted octanol–water partition coefficient (Wildman–Crippen LogP) is 2.85. The maximum atomic E-state index is 12.8. The fraction of sp³-hybridized carbons (Fsp3) is 0.652. The Labute approximate surface area is 169 Å². The van der Waals surface area contributed by atoms with Crippen LogP contribution in [0.25, 0.3) is 0 Å². The number of nitrogens with zero attached hydrogens (tertiary/aromatic N) is 1. The Morgan fingerprint density at radius 1 is 1.21 bits per heavy atom. The third kappa shape index (κ3) is 5.13. The molecule has 0 bridgehead atoms. The van der Waals surface area contributed by atoms with Gasteiger partial charge in [0.1, 0.15) is 0 Å². The van der Waals surface area contributed by atoms with Crippen LogP contribution in [0.4, 0.5) is 0 Å². The van der Waals surface area contributed by atoms with E-state index in [9.17, 15) is 9.59 Å². The molecule has 2 fully saturated rings. The van der Waals surface area contributed by atoms with Crippen LogP contribution in [0.2, 0.25) is 0 Å². The highest BCUT2D eigenvalue weighted by molar-refractivity contribution is 5.88. The minimum Gasteiger partial charge on any atom is -0.355 e. The van der Waals surface area contributed by atoms with Gasteiger partial charge in [0.15, 0.2) is 0 Å². The Bertz CT molecular complexity index is 653. The quantitative estimate of drug-likeness (QED) is 0.759. The molecule has 1 saturated carbocycles. The summed E-state index contributed by atoms with van der Waals surface area (Å²) in [5, 5.41) is 6.11. The van der Waals surface area contributed by atoms with Gasteiger partial charge in [-0.25, -0.2) is 0 Å². The predicted molar refractivity (Wildman–Crippen MR) is 112 cm³/mol. The Morgan fingerprint density at radius 2 is 1.93 bits per heavy atom. The van der Waals surface area contributed by atoms with Gasteiger partial charge < -0.3 is 10.6 Å². The third-order valence-electron chi connectivity index (χ3n) is 6.24. The number of carbonyl (C=O) groups is 2. The first kappa shape index (κ1) is 20.8. The fourth-order valence-electron chi connectivity index (χ4n) is 4.77. The van der Waals surface area contributed by atoms with Crippen LogP contribution in [0.5, 0.6) is 0 Å². The van der Waals surface area contributed by atoms with Gasteiger partial charge in [0, 0.05) is 31.6 Å². The molecule has 1 atom stereocenters. The molecule has 2 N–H and O–H groups in total. The third-order valence-corrected chi connectivity index (χ3v) is 6.24. The van der Waals surface area contributed by atoms with E-state index >= 15 is 0 Å². The lowest BCUT2D eigenvalue weighted by molar-refractivity contribution is -0.134. The first-order valence-corrected chi connectivity index (χ1v) is 10.8. The zero-order valence-electron chi connectivity index (χ0n) is 17.4. The van der Waals surface area contributed by atoms with Crippen molar-refractivity contribution >= 4 is 11.8 Å². The molecule has 0 aromatic heterocycles. The molecular weight excluding hydrogens is 350 g/mol. The first-order valence-electron chi connectivity index (χ1n) is 10.8. The molecule has 1 saturated heterocycles. The van der Waals surface area contributed by atoms with E-state index in [-0.39, 0.29) is 29.7 Å². The average Bonchev–Trinajstić information content (AvgIpc) is 2.70. The Kier molecular flexibility index (Phi) is 7.11. The number of benzene rings is 1. The Morgan fingerprint density at radius 3 is 2.61 bits per heavy atom. The zero-order valence-corrected chi connectivity index (χ0v) is 17.4. The lowest BCUT2D eigenvalue weighted by Crippen LogP contribution is -2.57. The van der Waals surface area contributed by atoms with Crippen molar-refractivity contribution in [2.45, 2.75) is 63.8 Å². The summed E-state index contributed by atoms with van der Waals surface area (Å²) in [6, 6.07) is 10.2. The summed E-state index contributed by atoms with van der Waals surface area (Å²) in [5.74, 6) is 0.439. The molecule has 0 spiro atoms. The molecule has 2 aliphatic rings. The largest absolute Gasteiger partial charge is 0.355 e. The van der Waals surface area contributed by atoms with Crippen molar-refractivity contribution in [2.75, 3.05) is 26.2 Å². The second-order valence-corrected chi connectivity index (χ2v) is 8.88.